The Bertz CT molecular complexity index is 512. The summed E-state index contributed by atoms with van der Waals surface area (Å²) in [5.41, 5.74) is 0. The van der Waals surface area contributed by atoms with E-state index in [1.807, 2.05) is 13.8 Å². The zero-order valence-electron chi connectivity index (χ0n) is 14.0. The van der Waals surface area contributed by atoms with Crippen LogP contribution in [0.3, 0.4) is 0 Å². The van der Waals surface area contributed by atoms with E-state index in [2.05, 4.69) is 5.32 Å². The number of esters is 1. The molecule has 0 aliphatic carbocycles. The van der Waals surface area contributed by atoms with Gasteiger partial charge in [-0.1, -0.05) is 13.8 Å². The summed E-state index contributed by atoms with van der Waals surface area (Å²) >= 11 is 0. The molecule has 1 unspecified atom stereocenters. The lowest BCUT2D eigenvalue weighted by atomic mass is 10.0. The van der Waals surface area contributed by atoms with Crippen molar-refractivity contribution in [2.24, 2.45) is 5.92 Å². The summed E-state index contributed by atoms with van der Waals surface area (Å²) in [6.07, 6.45) is -0.278. The van der Waals surface area contributed by atoms with E-state index in [-0.39, 0.29) is 18.3 Å². The van der Waals surface area contributed by atoms with Crippen LogP contribution >= 0.6 is 0 Å². The Morgan fingerprint density at radius 2 is 1.78 bits per heavy atom. The maximum absolute atomic E-state index is 12.2. The van der Waals surface area contributed by atoms with E-state index in [4.69, 9.17) is 9.47 Å². The molecular weight excluding hydrogens is 298 g/mol. The second-order valence-electron chi connectivity index (χ2n) is 5.70. The van der Waals surface area contributed by atoms with Crippen LogP contribution in [-0.4, -0.2) is 35.7 Å². The summed E-state index contributed by atoms with van der Waals surface area (Å²) < 4.78 is 10.5. The van der Waals surface area contributed by atoms with Crippen LogP contribution in [0.15, 0.2) is 24.3 Å². The molecule has 0 radical (unpaired) electrons. The summed E-state index contributed by atoms with van der Waals surface area (Å²) in [5.74, 6) is -0.0167. The van der Waals surface area contributed by atoms with Gasteiger partial charge >= 0.3 is 5.97 Å². The Morgan fingerprint density at radius 1 is 1.17 bits per heavy atom. The molecule has 0 aromatic heterocycles. The minimum atomic E-state index is -0.774. The van der Waals surface area contributed by atoms with Crippen molar-refractivity contribution in [1.82, 2.24) is 5.32 Å². The molecule has 0 aliphatic rings. The first-order chi connectivity index (χ1) is 10.8. The Morgan fingerprint density at radius 3 is 2.30 bits per heavy atom. The van der Waals surface area contributed by atoms with Crippen molar-refractivity contribution in [3.05, 3.63) is 24.3 Å². The molecular formula is C17H25NO5. The normalized spacial score (nSPS) is 13.3. The highest BCUT2D eigenvalue weighted by Crippen LogP contribution is 2.17. The maximum Gasteiger partial charge on any atom is 0.328 e. The first-order valence-electron chi connectivity index (χ1n) is 7.76. The van der Waals surface area contributed by atoms with Gasteiger partial charge in [0.05, 0.1) is 6.61 Å². The van der Waals surface area contributed by atoms with Crippen molar-refractivity contribution in [1.29, 1.82) is 0 Å². The van der Waals surface area contributed by atoms with E-state index in [0.717, 1.165) is 0 Å². The van der Waals surface area contributed by atoms with Crippen molar-refractivity contribution in [3.8, 4) is 11.5 Å². The van der Waals surface area contributed by atoms with Crippen molar-refractivity contribution >= 4 is 11.9 Å². The molecule has 128 valence electrons. The van der Waals surface area contributed by atoms with Crippen LogP contribution in [0.1, 0.15) is 34.1 Å². The lowest BCUT2D eigenvalue weighted by molar-refractivity contribution is -0.148. The van der Waals surface area contributed by atoms with Gasteiger partial charge < -0.3 is 19.9 Å². The second kappa shape index (κ2) is 9.02. The van der Waals surface area contributed by atoms with Gasteiger partial charge in [-0.25, -0.2) is 4.79 Å². The number of rotatable bonds is 8. The molecule has 2 N–H and O–H groups in total. The predicted octanol–water partition coefficient (Wildman–Crippen LogP) is 2.25. The van der Waals surface area contributed by atoms with Crippen LogP contribution in [0, 0.1) is 5.92 Å². The largest absolute Gasteiger partial charge is 0.508 e. The highest BCUT2D eigenvalue weighted by atomic mass is 16.5. The number of phenols is 1. The summed E-state index contributed by atoms with van der Waals surface area (Å²) in [7, 11) is 0. The van der Waals surface area contributed by atoms with Crippen LogP contribution in [0.25, 0.3) is 0 Å². The fourth-order valence-electron chi connectivity index (χ4n) is 2.00. The van der Waals surface area contributed by atoms with Crippen molar-refractivity contribution in [3.63, 3.8) is 0 Å². The number of carbonyl (C=O) groups is 2. The van der Waals surface area contributed by atoms with Crippen LogP contribution in [-0.2, 0) is 14.3 Å². The monoisotopic (exact) mass is 323 g/mol. The zero-order chi connectivity index (χ0) is 17.4. The number of carbonyl (C=O) groups excluding carboxylic acids is 2. The third-order valence-electron chi connectivity index (χ3n) is 3.11. The first kappa shape index (κ1) is 18.8. The molecule has 6 nitrogen and oxygen atoms in total. The van der Waals surface area contributed by atoms with E-state index in [1.54, 1.807) is 26.0 Å². The maximum atomic E-state index is 12.2. The fourth-order valence-corrected chi connectivity index (χ4v) is 2.00. The number of ether oxygens (including phenoxy) is 2. The third kappa shape index (κ3) is 6.59. The van der Waals surface area contributed by atoms with E-state index in [1.165, 1.54) is 12.1 Å². The molecule has 0 saturated carbocycles. The molecule has 0 spiro atoms. The third-order valence-corrected chi connectivity index (χ3v) is 3.11. The molecule has 23 heavy (non-hydrogen) atoms. The molecule has 1 rings (SSSR count). The molecule has 1 aromatic rings. The number of phenolic OH excluding ortho intramolecular Hbond substituents is 1. The number of hydrogen-bond donors (Lipinski definition) is 2. The number of nitrogens with one attached hydrogen (secondary N) is 1. The quantitative estimate of drug-likeness (QED) is 0.717. The molecule has 0 fully saturated rings. The number of hydrogen-bond acceptors (Lipinski definition) is 5. The van der Waals surface area contributed by atoms with Crippen LogP contribution in [0.2, 0.25) is 0 Å². The molecule has 6 heteroatoms. The second-order valence-corrected chi connectivity index (χ2v) is 5.70. The summed E-state index contributed by atoms with van der Waals surface area (Å²) in [4.78, 5) is 24.1. The average Bonchev–Trinajstić information content (AvgIpc) is 2.48. The number of aromatic hydroxyl groups is 1. The number of amides is 1. The van der Waals surface area contributed by atoms with Crippen LogP contribution in [0.5, 0.6) is 11.5 Å². The molecule has 1 aromatic carbocycles. The summed E-state index contributed by atoms with van der Waals surface area (Å²) in [6, 6.07) is 5.39. The van der Waals surface area contributed by atoms with E-state index in [9.17, 15) is 14.7 Å². The van der Waals surface area contributed by atoms with Gasteiger partial charge in [-0.3, -0.25) is 4.79 Å². The van der Waals surface area contributed by atoms with Crippen LogP contribution < -0.4 is 10.1 Å². The fraction of sp³-hybridized carbons (Fsp3) is 0.529. The van der Waals surface area contributed by atoms with Gasteiger partial charge in [0, 0.05) is 0 Å². The van der Waals surface area contributed by atoms with Crippen molar-refractivity contribution in [2.75, 3.05) is 6.61 Å². The SMILES string of the molecule is CCOC(=O)[C@H](CC(C)C)NC(=O)C(C)Oc1ccc(O)cc1. The Kier molecular flexibility index (Phi) is 7.38. The van der Waals surface area contributed by atoms with Crippen molar-refractivity contribution in [2.45, 2.75) is 46.3 Å². The molecule has 0 bridgehead atoms. The van der Waals surface area contributed by atoms with Gasteiger partial charge in [0.15, 0.2) is 6.10 Å². The highest BCUT2D eigenvalue weighted by molar-refractivity contribution is 5.86. The van der Waals surface area contributed by atoms with E-state index in [0.29, 0.717) is 12.2 Å². The van der Waals surface area contributed by atoms with Gasteiger partial charge in [0.1, 0.15) is 17.5 Å². The first-order valence-corrected chi connectivity index (χ1v) is 7.76. The number of benzene rings is 1. The summed E-state index contributed by atoms with van der Waals surface area (Å²) in [6.45, 7) is 7.52. The smallest absolute Gasteiger partial charge is 0.328 e. The van der Waals surface area contributed by atoms with E-state index < -0.39 is 24.0 Å². The Hall–Kier alpha value is -2.24. The van der Waals surface area contributed by atoms with Gasteiger partial charge in [-0.2, -0.15) is 0 Å². The minimum absolute atomic E-state index is 0.119. The topological polar surface area (TPSA) is 84.9 Å². The molecule has 1 amide bonds. The lowest BCUT2D eigenvalue weighted by Crippen LogP contribution is -2.47. The predicted molar refractivity (Wildman–Crippen MR) is 86.2 cm³/mol. The highest BCUT2D eigenvalue weighted by Gasteiger charge is 2.26. The lowest BCUT2D eigenvalue weighted by Gasteiger charge is -2.21. The Balaban J connectivity index is 2.65. The van der Waals surface area contributed by atoms with Crippen molar-refractivity contribution < 1.29 is 24.2 Å². The van der Waals surface area contributed by atoms with Gasteiger partial charge in [0.25, 0.3) is 5.91 Å². The van der Waals surface area contributed by atoms with Gasteiger partial charge in [-0.15, -0.1) is 0 Å². The average molecular weight is 323 g/mol. The Labute approximate surface area is 136 Å². The minimum Gasteiger partial charge on any atom is -0.508 e. The van der Waals surface area contributed by atoms with Gasteiger partial charge in [-0.05, 0) is 50.5 Å². The van der Waals surface area contributed by atoms with E-state index >= 15 is 0 Å². The standard InChI is InChI=1S/C17H25NO5/c1-5-22-17(21)15(10-11(2)3)18-16(20)12(4)23-14-8-6-13(19)7-9-14/h6-9,11-12,15,19H,5,10H2,1-4H3,(H,18,20)/t12?,15-/m0/s1. The molecule has 2 atom stereocenters. The van der Waals surface area contributed by atoms with Crippen LogP contribution in [0.4, 0.5) is 0 Å². The zero-order valence-corrected chi connectivity index (χ0v) is 14.0. The molecule has 0 aliphatic heterocycles. The molecule has 0 heterocycles. The summed E-state index contributed by atoms with van der Waals surface area (Å²) in [5, 5.41) is 11.9. The molecule has 0 saturated heterocycles. The van der Waals surface area contributed by atoms with Gasteiger partial charge in [0.2, 0.25) is 0 Å².